The Labute approximate surface area is 148 Å². The standard InChI is InChI=1S/C16H24ClN3O3S/c1-4-20(5-2)24(22,23)15-8-13(6-7-14(15)17)19-16(21)11(3)12-9-18-10-12/h6-8,11-12,18H,4-5,9-10H2,1-3H3,(H,19,21). The number of nitrogens with zero attached hydrogens (tertiary/aromatic N) is 1. The van der Waals surface area contributed by atoms with Gasteiger partial charge in [0.15, 0.2) is 0 Å². The zero-order valence-electron chi connectivity index (χ0n) is 14.2. The van der Waals surface area contributed by atoms with Crippen molar-refractivity contribution in [3.8, 4) is 0 Å². The molecule has 1 atom stereocenters. The maximum atomic E-state index is 12.7. The minimum absolute atomic E-state index is 0.0173. The molecule has 0 saturated carbocycles. The lowest BCUT2D eigenvalue weighted by atomic mass is 9.88. The molecule has 0 bridgehead atoms. The number of anilines is 1. The third-order valence-corrected chi connectivity index (χ3v) is 6.99. The Morgan fingerprint density at radius 3 is 2.50 bits per heavy atom. The summed E-state index contributed by atoms with van der Waals surface area (Å²) in [6.07, 6.45) is 0. The van der Waals surface area contributed by atoms with Crippen molar-refractivity contribution >= 4 is 33.2 Å². The van der Waals surface area contributed by atoms with Gasteiger partial charge in [-0.15, -0.1) is 0 Å². The zero-order chi connectivity index (χ0) is 17.9. The van der Waals surface area contributed by atoms with Crippen molar-refractivity contribution in [2.45, 2.75) is 25.7 Å². The average Bonchev–Trinajstić information content (AvgIpc) is 2.48. The van der Waals surface area contributed by atoms with Gasteiger partial charge in [0.05, 0.1) is 5.02 Å². The zero-order valence-corrected chi connectivity index (χ0v) is 15.7. The molecular weight excluding hydrogens is 350 g/mol. The minimum atomic E-state index is -3.68. The van der Waals surface area contributed by atoms with Gasteiger partial charge >= 0.3 is 0 Å². The van der Waals surface area contributed by atoms with Crippen molar-refractivity contribution in [2.75, 3.05) is 31.5 Å². The second-order valence-corrected chi connectivity index (χ2v) is 8.24. The van der Waals surface area contributed by atoms with Crippen molar-refractivity contribution in [1.82, 2.24) is 9.62 Å². The van der Waals surface area contributed by atoms with Crippen molar-refractivity contribution in [3.05, 3.63) is 23.2 Å². The third-order valence-electron chi connectivity index (χ3n) is 4.46. The van der Waals surface area contributed by atoms with E-state index in [2.05, 4.69) is 10.6 Å². The van der Waals surface area contributed by atoms with Crippen LogP contribution in [-0.2, 0) is 14.8 Å². The summed E-state index contributed by atoms with van der Waals surface area (Å²) < 4.78 is 26.7. The molecule has 1 aliphatic heterocycles. The molecule has 1 fully saturated rings. The van der Waals surface area contributed by atoms with Gasteiger partial charge in [-0.3, -0.25) is 4.79 Å². The molecule has 0 spiro atoms. The Bertz CT molecular complexity index is 701. The molecule has 0 aliphatic carbocycles. The molecular formula is C16H24ClN3O3S. The maximum Gasteiger partial charge on any atom is 0.244 e. The Morgan fingerprint density at radius 2 is 2.00 bits per heavy atom. The molecule has 1 amide bonds. The molecule has 0 aromatic heterocycles. The van der Waals surface area contributed by atoms with Crippen molar-refractivity contribution in [3.63, 3.8) is 0 Å². The van der Waals surface area contributed by atoms with Gasteiger partial charge in [-0.1, -0.05) is 32.4 Å². The number of benzene rings is 1. The van der Waals surface area contributed by atoms with E-state index in [-0.39, 0.29) is 21.7 Å². The summed E-state index contributed by atoms with van der Waals surface area (Å²) in [7, 11) is -3.68. The molecule has 1 heterocycles. The molecule has 1 unspecified atom stereocenters. The average molecular weight is 374 g/mol. The van der Waals surface area contributed by atoms with Crippen LogP contribution in [0.15, 0.2) is 23.1 Å². The molecule has 2 rings (SSSR count). The van der Waals surface area contributed by atoms with Gasteiger partial charge in [-0.2, -0.15) is 4.31 Å². The second-order valence-electron chi connectivity index (χ2n) is 5.93. The maximum absolute atomic E-state index is 12.7. The highest BCUT2D eigenvalue weighted by molar-refractivity contribution is 7.89. The monoisotopic (exact) mass is 373 g/mol. The third kappa shape index (κ3) is 3.91. The lowest BCUT2D eigenvalue weighted by Gasteiger charge is -2.31. The van der Waals surface area contributed by atoms with E-state index in [0.717, 1.165) is 13.1 Å². The first kappa shape index (κ1) is 19.2. The van der Waals surface area contributed by atoms with E-state index in [1.165, 1.54) is 16.4 Å². The van der Waals surface area contributed by atoms with Crippen LogP contribution in [0.25, 0.3) is 0 Å². The van der Waals surface area contributed by atoms with Crippen molar-refractivity contribution in [2.24, 2.45) is 11.8 Å². The van der Waals surface area contributed by atoms with E-state index in [0.29, 0.717) is 24.7 Å². The minimum Gasteiger partial charge on any atom is -0.326 e. The fraction of sp³-hybridized carbons (Fsp3) is 0.562. The summed E-state index contributed by atoms with van der Waals surface area (Å²) in [5.41, 5.74) is 0.439. The van der Waals surface area contributed by atoms with Gasteiger partial charge in [0.2, 0.25) is 15.9 Å². The Hall–Kier alpha value is -1.15. The molecule has 2 N–H and O–H groups in total. The largest absolute Gasteiger partial charge is 0.326 e. The normalized spacial score (nSPS) is 16.7. The molecule has 8 heteroatoms. The molecule has 6 nitrogen and oxygen atoms in total. The van der Waals surface area contributed by atoms with E-state index in [4.69, 9.17) is 11.6 Å². The van der Waals surface area contributed by atoms with E-state index in [9.17, 15) is 13.2 Å². The van der Waals surface area contributed by atoms with Crippen LogP contribution in [0.4, 0.5) is 5.69 Å². The summed E-state index contributed by atoms with van der Waals surface area (Å²) in [4.78, 5) is 12.3. The summed E-state index contributed by atoms with van der Waals surface area (Å²) in [5.74, 6) is 0.0657. The van der Waals surface area contributed by atoms with Crippen LogP contribution in [0.5, 0.6) is 0 Å². The fourth-order valence-electron chi connectivity index (χ4n) is 2.62. The second kappa shape index (κ2) is 7.82. The van der Waals surface area contributed by atoms with Crippen molar-refractivity contribution < 1.29 is 13.2 Å². The quantitative estimate of drug-likeness (QED) is 0.767. The number of nitrogens with one attached hydrogen (secondary N) is 2. The Kier molecular flexibility index (Phi) is 6.25. The SMILES string of the molecule is CCN(CC)S(=O)(=O)c1cc(NC(=O)C(C)C2CNC2)ccc1Cl. The van der Waals surface area contributed by atoms with Crippen LogP contribution in [-0.4, -0.2) is 44.8 Å². The molecule has 134 valence electrons. The van der Waals surface area contributed by atoms with Gasteiger partial charge in [0.1, 0.15) is 4.90 Å². The van der Waals surface area contributed by atoms with Gasteiger partial charge in [0.25, 0.3) is 0 Å². The van der Waals surface area contributed by atoms with Crippen molar-refractivity contribution in [1.29, 1.82) is 0 Å². The molecule has 1 aromatic rings. The number of hydrogen-bond acceptors (Lipinski definition) is 4. The summed E-state index contributed by atoms with van der Waals surface area (Å²) >= 11 is 6.09. The van der Waals surface area contributed by atoms with Crippen LogP contribution in [0.1, 0.15) is 20.8 Å². The number of halogens is 1. The van der Waals surface area contributed by atoms with Crippen LogP contribution < -0.4 is 10.6 Å². The van der Waals surface area contributed by atoms with Crippen LogP contribution in [0.3, 0.4) is 0 Å². The fourth-order valence-corrected chi connectivity index (χ4v) is 4.57. The summed E-state index contributed by atoms with van der Waals surface area (Å²) in [5, 5.41) is 6.09. The number of sulfonamides is 1. The number of amides is 1. The molecule has 1 saturated heterocycles. The predicted molar refractivity (Wildman–Crippen MR) is 95.7 cm³/mol. The number of hydrogen-bond donors (Lipinski definition) is 2. The van der Waals surface area contributed by atoms with E-state index in [1.807, 2.05) is 6.92 Å². The first-order valence-corrected chi connectivity index (χ1v) is 9.94. The number of rotatable bonds is 7. The number of carbonyl (C=O) groups is 1. The highest BCUT2D eigenvalue weighted by atomic mass is 35.5. The van der Waals surface area contributed by atoms with Gasteiger partial charge in [0, 0.05) is 24.7 Å². The smallest absolute Gasteiger partial charge is 0.244 e. The summed E-state index contributed by atoms with van der Waals surface area (Å²) in [6, 6.07) is 4.55. The predicted octanol–water partition coefficient (Wildman–Crippen LogP) is 2.16. The molecule has 1 aromatic carbocycles. The van der Waals surface area contributed by atoms with Crippen LogP contribution >= 0.6 is 11.6 Å². The van der Waals surface area contributed by atoms with E-state index in [1.54, 1.807) is 19.9 Å². The lowest BCUT2D eigenvalue weighted by molar-refractivity contribution is -0.121. The van der Waals surface area contributed by atoms with Gasteiger partial charge < -0.3 is 10.6 Å². The summed E-state index contributed by atoms with van der Waals surface area (Å²) in [6.45, 7) is 7.80. The Morgan fingerprint density at radius 1 is 1.38 bits per heavy atom. The van der Waals surface area contributed by atoms with Gasteiger partial charge in [-0.05, 0) is 37.2 Å². The number of carbonyl (C=O) groups excluding carboxylic acids is 1. The highest BCUT2D eigenvalue weighted by Crippen LogP contribution is 2.28. The first-order chi connectivity index (χ1) is 11.3. The topological polar surface area (TPSA) is 78.5 Å². The molecule has 0 radical (unpaired) electrons. The van der Waals surface area contributed by atoms with E-state index >= 15 is 0 Å². The van der Waals surface area contributed by atoms with Gasteiger partial charge in [-0.25, -0.2) is 8.42 Å². The highest BCUT2D eigenvalue weighted by Gasteiger charge is 2.29. The Balaban J connectivity index is 2.23. The molecule has 1 aliphatic rings. The van der Waals surface area contributed by atoms with E-state index < -0.39 is 10.0 Å². The van der Waals surface area contributed by atoms with Crippen LogP contribution in [0.2, 0.25) is 5.02 Å². The first-order valence-electron chi connectivity index (χ1n) is 8.12. The van der Waals surface area contributed by atoms with Crippen LogP contribution in [0, 0.1) is 11.8 Å². The lowest BCUT2D eigenvalue weighted by Crippen LogP contribution is -2.48. The molecule has 24 heavy (non-hydrogen) atoms.